The van der Waals surface area contributed by atoms with E-state index in [4.69, 9.17) is 0 Å². The molecule has 24 heavy (non-hydrogen) atoms. The number of halogens is 3. The molecule has 1 atom stereocenters. The van der Waals surface area contributed by atoms with E-state index in [0.29, 0.717) is 32.4 Å². The highest BCUT2D eigenvalue weighted by atomic mass is 32.2. The van der Waals surface area contributed by atoms with Gasteiger partial charge >= 0.3 is 6.18 Å². The van der Waals surface area contributed by atoms with Crippen molar-refractivity contribution < 1.29 is 26.4 Å². The summed E-state index contributed by atoms with van der Waals surface area (Å²) >= 11 is 0. The van der Waals surface area contributed by atoms with Gasteiger partial charge in [-0.25, -0.2) is 8.42 Å². The van der Waals surface area contributed by atoms with Crippen LogP contribution in [0.3, 0.4) is 0 Å². The van der Waals surface area contributed by atoms with E-state index in [-0.39, 0.29) is 25.4 Å². The number of rotatable bonds is 5. The summed E-state index contributed by atoms with van der Waals surface area (Å²) in [6, 6.07) is -0.572. The van der Waals surface area contributed by atoms with Crippen molar-refractivity contribution in [1.82, 2.24) is 14.1 Å². The molecule has 0 aromatic heterocycles. The van der Waals surface area contributed by atoms with Gasteiger partial charge in [0.25, 0.3) is 0 Å². The molecule has 0 bridgehead atoms. The molecular weight excluding hydrogens is 347 g/mol. The molecule has 6 nitrogen and oxygen atoms in total. The van der Waals surface area contributed by atoms with E-state index in [1.54, 1.807) is 6.92 Å². The molecule has 2 saturated heterocycles. The van der Waals surface area contributed by atoms with Gasteiger partial charge in [-0.1, -0.05) is 6.92 Å². The molecule has 0 spiro atoms. The van der Waals surface area contributed by atoms with Crippen molar-refractivity contribution in [2.45, 2.75) is 38.4 Å². The van der Waals surface area contributed by atoms with Gasteiger partial charge in [-0.3, -0.25) is 9.69 Å². The van der Waals surface area contributed by atoms with Crippen molar-refractivity contribution in [3.8, 4) is 0 Å². The lowest BCUT2D eigenvalue weighted by atomic mass is 10.0. The van der Waals surface area contributed by atoms with E-state index < -0.39 is 34.7 Å². The average Bonchev–Trinajstić information content (AvgIpc) is 2.48. The minimum absolute atomic E-state index is 0.0920. The summed E-state index contributed by atoms with van der Waals surface area (Å²) in [7, 11) is -3.27. The molecule has 2 aliphatic heterocycles. The number of hydrogen-bond donors (Lipinski definition) is 0. The third kappa shape index (κ3) is 4.82. The van der Waals surface area contributed by atoms with E-state index in [1.165, 1.54) is 4.31 Å². The van der Waals surface area contributed by atoms with Gasteiger partial charge in [0, 0.05) is 32.7 Å². The maximum atomic E-state index is 12.6. The van der Waals surface area contributed by atoms with Gasteiger partial charge in [0.2, 0.25) is 15.9 Å². The molecule has 140 valence electrons. The van der Waals surface area contributed by atoms with E-state index in [1.807, 2.05) is 4.90 Å². The van der Waals surface area contributed by atoms with Crippen LogP contribution in [-0.4, -0.2) is 85.7 Å². The third-order valence-electron chi connectivity index (χ3n) is 4.44. The number of hydrogen-bond acceptors (Lipinski definition) is 4. The van der Waals surface area contributed by atoms with Crippen LogP contribution in [0.4, 0.5) is 13.2 Å². The summed E-state index contributed by atoms with van der Waals surface area (Å²) in [5.74, 6) is -0.405. The van der Waals surface area contributed by atoms with Crippen LogP contribution in [0.5, 0.6) is 0 Å². The van der Waals surface area contributed by atoms with Crippen molar-refractivity contribution in [2.75, 3.05) is 45.0 Å². The summed E-state index contributed by atoms with van der Waals surface area (Å²) in [6.45, 7) is 2.02. The summed E-state index contributed by atoms with van der Waals surface area (Å²) in [6.07, 6.45) is -2.81. The van der Waals surface area contributed by atoms with Crippen molar-refractivity contribution in [3.05, 3.63) is 0 Å². The van der Waals surface area contributed by atoms with Crippen LogP contribution in [0.25, 0.3) is 0 Å². The molecule has 0 saturated carbocycles. The number of piperazine rings is 1. The molecule has 1 amide bonds. The highest BCUT2D eigenvalue weighted by Crippen LogP contribution is 2.24. The Hall–Kier alpha value is -0.870. The number of amides is 1. The molecule has 2 fully saturated rings. The van der Waals surface area contributed by atoms with E-state index >= 15 is 0 Å². The number of nitrogens with zero attached hydrogens (tertiary/aromatic N) is 3. The van der Waals surface area contributed by atoms with E-state index in [0.717, 1.165) is 4.90 Å². The molecule has 1 unspecified atom stereocenters. The molecule has 0 radical (unpaired) electrons. The number of carbonyl (C=O) groups excluding carboxylic acids is 1. The zero-order valence-corrected chi connectivity index (χ0v) is 14.6. The zero-order chi connectivity index (χ0) is 18.0. The molecule has 0 N–H and O–H groups in total. The number of piperidine rings is 1. The summed E-state index contributed by atoms with van der Waals surface area (Å²) in [4.78, 5) is 15.0. The molecule has 0 aromatic carbocycles. The van der Waals surface area contributed by atoms with Crippen LogP contribution in [-0.2, 0) is 14.8 Å². The second-order valence-corrected chi connectivity index (χ2v) is 8.37. The summed E-state index contributed by atoms with van der Waals surface area (Å²) < 4.78 is 63.2. The number of sulfonamides is 1. The van der Waals surface area contributed by atoms with Gasteiger partial charge < -0.3 is 4.90 Å². The predicted octanol–water partition coefficient (Wildman–Crippen LogP) is 0.897. The van der Waals surface area contributed by atoms with Crippen LogP contribution in [0.2, 0.25) is 0 Å². The Morgan fingerprint density at radius 2 is 1.75 bits per heavy atom. The fourth-order valence-corrected chi connectivity index (χ4v) is 4.81. The predicted molar refractivity (Wildman–Crippen MR) is 82.9 cm³/mol. The molecule has 0 aliphatic carbocycles. The lowest BCUT2D eigenvalue weighted by Crippen LogP contribution is -2.59. The highest BCUT2D eigenvalue weighted by Gasteiger charge is 2.40. The van der Waals surface area contributed by atoms with Crippen LogP contribution < -0.4 is 0 Å². The first-order valence-electron chi connectivity index (χ1n) is 8.21. The Kier molecular flexibility index (Phi) is 6.14. The smallest absolute Gasteiger partial charge is 0.332 e. The fourth-order valence-electron chi connectivity index (χ4n) is 3.31. The Bertz CT molecular complexity index is 545. The van der Waals surface area contributed by atoms with Gasteiger partial charge in [0.1, 0.15) is 6.54 Å². The number of carbonyl (C=O) groups is 1. The lowest BCUT2D eigenvalue weighted by Gasteiger charge is -2.42. The Balaban J connectivity index is 1.95. The standard InChI is InChI=1S/C14H24F3N3O3S/c1-2-10-24(22,23)20-8-6-18(7-9-20)12-4-3-5-19(13(12)21)11-14(15,16)17/h12H,2-11H2,1H3. The third-order valence-corrected chi connectivity index (χ3v) is 6.52. The highest BCUT2D eigenvalue weighted by molar-refractivity contribution is 7.89. The Labute approximate surface area is 140 Å². The maximum Gasteiger partial charge on any atom is 0.406 e. The van der Waals surface area contributed by atoms with E-state index in [2.05, 4.69) is 0 Å². The monoisotopic (exact) mass is 371 g/mol. The molecule has 0 aromatic rings. The first-order chi connectivity index (χ1) is 11.1. The first kappa shape index (κ1) is 19.5. The molecule has 10 heteroatoms. The largest absolute Gasteiger partial charge is 0.406 e. The summed E-state index contributed by atoms with van der Waals surface area (Å²) in [5.41, 5.74) is 0. The average molecular weight is 371 g/mol. The molecular formula is C14H24F3N3O3S. The van der Waals surface area contributed by atoms with Gasteiger partial charge in [-0.15, -0.1) is 0 Å². The van der Waals surface area contributed by atoms with Crippen molar-refractivity contribution >= 4 is 15.9 Å². The van der Waals surface area contributed by atoms with Crippen LogP contribution in [0, 0.1) is 0 Å². The lowest BCUT2D eigenvalue weighted by molar-refractivity contribution is -0.168. The van der Waals surface area contributed by atoms with Crippen molar-refractivity contribution in [3.63, 3.8) is 0 Å². The first-order valence-corrected chi connectivity index (χ1v) is 9.82. The van der Waals surface area contributed by atoms with Crippen LogP contribution in [0.1, 0.15) is 26.2 Å². The van der Waals surface area contributed by atoms with E-state index in [9.17, 15) is 26.4 Å². The second-order valence-electron chi connectivity index (χ2n) is 6.28. The van der Waals surface area contributed by atoms with Gasteiger partial charge in [0.15, 0.2) is 0 Å². The fraction of sp³-hybridized carbons (Fsp3) is 0.929. The molecule has 2 heterocycles. The molecule has 2 rings (SSSR count). The number of likely N-dealkylation sites (tertiary alicyclic amines) is 1. The Morgan fingerprint density at radius 3 is 2.29 bits per heavy atom. The van der Waals surface area contributed by atoms with Crippen LogP contribution >= 0.6 is 0 Å². The normalized spacial score (nSPS) is 25.2. The summed E-state index contributed by atoms with van der Waals surface area (Å²) in [5, 5.41) is 0. The number of alkyl halides is 3. The SMILES string of the molecule is CCCS(=O)(=O)N1CCN(C2CCCN(CC(F)(F)F)C2=O)CC1. The van der Waals surface area contributed by atoms with Gasteiger partial charge in [-0.2, -0.15) is 17.5 Å². The zero-order valence-electron chi connectivity index (χ0n) is 13.8. The minimum Gasteiger partial charge on any atom is -0.332 e. The quantitative estimate of drug-likeness (QED) is 0.720. The second kappa shape index (κ2) is 7.57. The van der Waals surface area contributed by atoms with Crippen molar-refractivity contribution in [2.24, 2.45) is 0 Å². The Morgan fingerprint density at radius 1 is 1.12 bits per heavy atom. The maximum absolute atomic E-state index is 12.6. The van der Waals surface area contributed by atoms with Crippen LogP contribution in [0.15, 0.2) is 0 Å². The van der Waals surface area contributed by atoms with Gasteiger partial charge in [0.05, 0.1) is 11.8 Å². The minimum atomic E-state index is -4.40. The topological polar surface area (TPSA) is 60.9 Å². The van der Waals surface area contributed by atoms with Crippen molar-refractivity contribution in [1.29, 1.82) is 0 Å². The molecule has 2 aliphatic rings. The van der Waals surface area contributed by atoms with Gasteiger partial charge in [-0.05, 0) is 19.3 Å².